The standard InChI is InChI=1S/C44H64N6O10/c1-44(2,3)36(49-39(54)31(23-13-14-25-33(51)60-4)46-38(53)29-21-11-12-22-30(29)43(58)59)42(57)50-26-16-15-24-32(50)40(55)48-35(28-19-9-6-10-20-28)41(56)47-34(37(45)52)27-17-7-5-8-18-27/h11-12,14,21-22,25,27-28,31-32,34-36H,5-10,13,15-20,23-24,26H2,1-4H3,(H2,45,52)(H,46,53)(H,47,56)(H,48,55)(H,49,54)(H,58,59)/b25-14+/t31-,32-,34-,35-,36+/m0/s1. The van der Waals surface area contributed by atoms with Crippen LogP contribution in [0.1, 0.15) is 138 Å². The highest BCUT2D eigenvalue weighted by Crippen LogP contribution is 2.30. The molecule has 7 N–H and O–H groups in total. The first kappa shape index (κ1) is 47.4. The van der Waals surface area contributed by atoms with Crippen LogP contribution in [-0.2, 0) is 33.5 Å². The van der Waals surface area contributed by atoms with Gasteiger partial charge in [-0.2, -0.15) is 0 Å². The number of benzene rings is 1. The van der Waals surface area contributed by atoms with E-state index in [4.69, 9.17) is 5.73 Å². The molecule has 1 aromatic rings. The van der Waals surface area contributed by atoms with Crippen molar-refractivity contribution in [3.05, 3.63) is 47.5 Å². The highest BCUT2D eigenvalue weighted by molar-refractivity contribution is 6.06. The smallest absolute Gasteiger partial charge is 0.336 e. The Kier molecular flexibility index (Phi) is 17.7. The number of carboxylic acids is 1. The second-order valence-electron chi connectivity index (χ2n) is 17.4. The molecule has 2 saturated carbocycles. The molecule has 0 radical (unpaired) electrons. The number of aromatic carboxylic acids is 1. The molecule has 16 heteroatoms. The third-order valence-corrected chi connectivity index (χ3v) is 12.0. The summed E-state index contributed by atoms with van der Waals surface area (Å²) in [4.78, 5) is 108. The lowest BCUT2D eigenvalue weighted by atomic mass is 9.81. The van der Waals surface area contributed by atoms with Gasteiger partial charge in [0.05, 0.1) is 18.2 Å². The number of nitrogens with zero attached hydrogens (tertiary/aromatic N) is 1. The molecule has 1 saturated heterocycles. The number of hydrogen-bond donors (Lipinski definition) is 6. The number of hydrogen-bond acceptors (Lipinski definition) is 9. The second-order valence-corrected chi connectivity index (χ2v) is 17.4. The topological polar surface area (TPSA) is 243 Å². The number of primary amides is 1. The number of allylic oxidation sites excluding steroid dienone is 1. The number of nitrogens with two attached hydrogens (primary N) is 1. The van der Waals surface area contributed by atoms with Crippen LogP contribution in [0.4, 0.5) is 0 Å². The Balaban J connectivity index is 1.57. The fraction of sp³-hybridized carbons (Fsp3) is 0.636. The fourth-order valence-corrected chi connectivity index (χ4v) is 8.65. The maximum absolute atomic E-state index is 14.7. The van der Waals surface area contributed by atoms with Gasteiger partial charge in [-0.25, -0.2) is 9.59 Å². The van der Waals surface area contributed by atoms with Gasteiger partial charge in [0.25, 0.3) is 5.91 Å². The third-order valence-electron chi connectivity index (χ3n) is 12.0. The van der Waals surface area contributed by atoms with Crippen molar-refractivity contribution in [3.63, 3.8) is 0 Å². The number of nitrogens with one attached hydrogen (secondary N) is 4. The van der Waals surface area contributed by atoms with Crippen LogP contribution in [0.25, 0.3) is 0 Å². The maximum Gasteiger partial charge on any atom is 0.336 e. The highest BCUT2D eigenvalue weighted by atomic mass is 16.5. The third kappa shape index (κ3) is 13.1. The van der Waals surface area contributed by atoms with Crippen LogP contribution >= 0.6 is 0 Å². The molecule has 1 aliphatic heterocycles. The van der Waals surface area contributed by atoms with E-state index >= 15 is 0 Å². The summed E-state index contributed by atoms with van der Waals surface area (Å²) in [5.74, 6) is -5.84. The van der Waals surface area contributed by atoms with E-state index in [1.807, 2.05) is 0 Å². The maximum atomic E-state index is 14.7. The van der Waals surface area contributed by atoms with Crippen LogP contribution in [0, 0.1) is 17.3 Å². The van der Waals surface area contributed by atoms with Crippen LogP contribution in [-0.4, -0.2) is 101 Å². The molecule has 2 aliphatic carbocycles. The van der Waals surface area contributed by atoms with Gasteiger partial charge in [-0.05, 0) is 87.2 Å². The van der Waals surface area contributed by atoms with Gasteiger partial charge in [-0.15, -0.1) is 0 Å². The van der Waals surface area contributed by atoms with Crippen molar-refractivity contribution >= 4 is 47.4 Å². The van der Waals surface area contributed by atoms with Crippen molar-refractivity contribution in [2.45, 2.75) is 147 Å². The Morgan fingerprint density at radius 1 is 0.783 bits per heavy atom. The number of ether oxygens (including phenoxy) is 1. The average Bonchev–Trinajstić information content (AvgIpc) is 3.24. The number of amides is 6. The average molecular weight is 837 g/mol. The first-order chi connectivity index (χ1) is 28.5. The van der Waals surface area contributed by atoms with Crippen molar-refractivity contribution in [2.24, 2.45) is 23.0 Å². The van der Waals surface area contributed by atoms with Crippen molar-refractivity contribution in [1.29, 1.82) is 0 Å². The number of methoxy groups -OCH3 is 1. The SMILES string of the molecule is COC(=O)/C=C/CC[C@H](NC(=O)c1ccccc1C(=O)O)C(=O)N[C@H](C(=O)N1CCCC[C@H]1C(=O)N[C@H](C(=O)N[C@H](C(N)=O)C1CCCCC1)C1CCCCC1)C(C)(C)C. The number of likely N-dealkylation sites (tertiary alicyclic amines) is 1. The summed E-state index contributed by atoms with van der Waals surface area (Å²) in [5.41, 5.74) is 4.49. The van der Waals surface area contributed by atoms with Crippen LogP contribution in [0.5, 0.6) is 0 Å². The molecule has 3 aliphatic rings. The number of esters is 1. The fourth-order valence-electron chi connectivity index (χ4n) is 8.65. The number of carbonyl (C=O) groups is 8. The van der Waals surface area contributed by atoms with Gasteiger partial charge in [-0.1, -0.05) is 77.5 Å². The number of carboxylic acid groups (broad SMARTS) is 1. The Morgan fingerprint density at radius 3 is 1.93 bits per heavy atom. The minimum absolute atomic E-state index is 0.0257. The molecular weight excluding hydrogens is 773 g/mol. The summed E-state index contributed by atoms with van der Waals surface area (Å²) in [7, 11) is 1.22. The molecule has 3 fully saturated rings. The monoisotopic (exact) mass is 836 g/mol. The normalized spacial score (nSPS) is 19.9. The molecule has 5 atom stereocenters. The quantitative estimate of drug-likeness (QED) is 0.0985. The van der Waals surface area contributed by atoms with E-state index in [0.717, 1.165) is 51.4 Å². The van der Waals surface area contributed by atoms with Crippen molar-refractivity contribution in [1.82, 2.24) is 26.2 Å². The van der Waals surface area contributed by atoms with Gasteiger partial charge in [0.1, 0.15) is 30.2 Å². The van der Waals surface area contributed by atoms with Gasteiger partial charge in [0.15, 0.2) is 0 Å². The summed E-state index contributed by atoms with van der Waals surface area (Å²) in [6, 6.07) is 0.354. The zero-order valence-electron chi connectivity index (χ0n) is 35.5. The van der Waals surface area contributed by atoms with E-state index in [-0.39, 0.29) is 42.3 Å². The minimum Gasteiger partial charge on any atom is -0.478 e. The predicted molar refractivity (Wildman–Crippen MR) is 222 cm³/mol. The molecule has 0 bridgehead atoms. The van der Waals surface area contributed by atoms with E-state index in [2.05, 4.69) is 26.0 Å². The number of rotatable bonds is 17. The number of carbonyl (C=O) groups excluding carboxylic acids is 7. The summed E-state index contributed by atoms with van der Waals surface area (Å²) >= 11 is 0. The first-order valence-electron chi connectivity index (χ1n) is 21.4. The molecule has 1 heterocycles. The molecule has 16 nitrogen and oxygen atoms in total. The van der Waals surface area contributed by atoms with Crippen molar-refractivity contribution in [3.8, 4) is 0 Å². The van der Waals surface area contributed by atoms with Gasteiger partial charge in [0.2, 0.25) is 29.5 Å². The van der Waals surface area contributed by atoms with Crippen LogP contribution in [0.2, 0.25) is 0 Å². The van der Waals surface area contributed by atoms with E-state index < -0.39 is 83.0 Å². The van der Waals surface area contributed by atoms with Crippen molar-refractivity contribution in [2.75, 3.05) is 13.7 Å². The van der Waals surface area contributed by atoms with Crippen LogP contribution in [0.3, 0.4) is 0 Å². The molecule has 1 aromatic carbocycles. The molecule has 60 heavy (non-hydrogen) atoms. The molecule has 0 spiro atoms. The van der Waals surface area contributed by atoms with Crippen LogP contribution < -0.4 is 27.0 Å². The number of piperidine rings is 1. The molecule has 0 unspecified atom stereocenters. The molecule has 4 rings (SSSR count). The molecular formula is C44H64N6O10. The Hall–Kier alpha value is -5.28. The summed E-state index contributed by atoms with van der Waals surface area (Å²) in [5, 5.41) is 21.0. The summed E-state index contributed by atoms with van der Waals surface area (Å²) in [6.07, 6.45) is 13.0. The van der Waals surface area contributed by atoms with Gasteiger partial charge in [-0.3, -0.25) is 28.8 Å². The van der Waals surface area contributed by atoms with Crippen LogP contribution in [0.15, 0.2) is 36.4 Å². The zero-order valence-corrected chi connectivity index (χ0v) is 35.5. The summed E-state index contributed by atoms with van der Waals surface area (Å²) in [6.45, 7) is 5.50. The lowest BCUT2D eigenvalue weighted by Crippen LogP contribution is -2.64. The zero-order chi connectivity index (χ0) is 44.0. The largest absolute Gasteiger partial charge is 0.478 e. The van der Waals surface area contributed by atoms with Crippen molar-refractivity contribution < 1.29 is 48.2 Å². The first-order valence-corrected chi connectivity index (χ1v) is 21.4. The Morgan fingerprint density at radius 2 is 1.37 bits per heavy atom. The van der Waals surface area contributed by atoms with E-state index in [1.54, 1.807) is 20.8 Å². The van der Waals surface area contributed by atoms with Gasteiger partial charge in [0, 0.05) is 12.6 Å². The van der Waals surface area contributed by atoms with E-state index in [1.165, 1.54) is 48.4 Å². The Labute approximate surface area is 352 Å². The molecule has 330 valence electrons. The Bertz CT molecular complexity index is 1750. The molecule has 0 aromatic heterocycles. The van der Waals surface area contributed by atoms with E-state index in [9.17, 15) is 43.5 Å². The lowest BCUT2D eigenvalue weighted by molar-refractivity contribution is -0.148. The lowest BCUT2D eigenvalue weighted by Gasteiger charge is -2.41. The highest BCUT2D eigenvalue weighted by Gasteiger charge is 2.43. The predicted octanol–water partition coefficient (Wildman–Crippen LogP) is 3.52. The minimum atomic E-state index is -1.33. The van der Waals surface area contributed by atoms with Gasteiger partial charge < -0.3 is 41.7 Å². The van der Waals surface area contributed by atoms with Gasteiger partial charge >= 0.3 is 11.9 Å². The summed E-state index contributed by atoms with van der Waals surface area (Å²) < 4.78 is 4.63. The van der Waals surface area contributed by atoms with E-state index in [0.29, 0.717) is 32.1 Å². The second kappa shape index (κ2) is 22.4. The molecule has 6 amide bonds.